The molecule has 4 rings (SSSR count). The molecular formula is C43H52N4O7. The van der Waals surface area contributed by atoms with Gasteiger partial charge in [-0.3, -0.25) is 19.2 Å². The molecule has 286 valence electrons. The first-order chi connectivity index (χ1) is 25.7. The average molecular weight is 737 g/mol. The van der Waals surface area contributed by atoms with Crippen LogP contribution in [-0.4, -0.2) is 51.0 Å². The second-order valence-electron chi connectivity index (χ2n) is 14.5. The summed E-state index contributed by atoms with van der Waals surface area (Å²) in [6.45, 7) is 7.88. The number of rotatable bonds is 18. The van der Waals surface area contributed by atoms with Crippen molar-refractivity contribution in [2.75, 3.05) is 10.6 Å². The Kier molecular flexibility index (Phi) is 15.2. The average Bonchev–Trinajstić information content (AvgIpc) is 3.13. The topological polar surface area (TPSA) is 177 Å². The summed E-state index contributed by atoms with van der Waals surface area (Å²) in [4.78, 5) is 52.4. The number of aliphatic hydroxyl groups excluding tert-OH is 1. The zero-order valence-electron chi connectivity index (χ0n) is 31.3. The first-order valence-corrected chi connectivity index (χ1v) is 18.4. The summed E-state index contributed by atoms with van der Waals surface area (Å²) < 4.78 is 0. The number of phenolic OH excluding ortho intramolecular Hbond substituents is 2. The van der Waals surface area contributed by atoms with Gasteiger partial charge in [0.2, 0.25) is 23.6 Å². The Balaban J connectivity index is 1.37. The number of hydrogen-bond acceptors (Lipinski definition) is 7. The number of aromatic hydroxyl groups is 2. The van der Waals surface area contributed by atoms with Crippen LogP contribution in [0.4, 0.5) is 11.4 Å². The molecule has 0 fully saturated rings. The number of amides is 4. The molecule has 0 unspecified atom stereocenters. The van der Waals surface area contributed by atoms with Crippen molar-refractivity contribution in [2.24, 2.45) is 11.8 Å². The molecule has 11 nitrogen and oxygen atoms in total. The molecule has 0 aliphatic carbocycles. The first-order valence-electron chi connectivity index (χ1n) is 18.4. The van der Waals surface area contributed by atoms with Crippen molar-refractivity contribution in [1.82, 2.24) is 10.6 Å². The molecule has 2 atom stereocenters. The van der Waals surface area contributed by atoms with E-state index < -0.39 is 18.2 Å². The van der Waals surface area contributed by atoms with Gasteiger partial charge in [-0.2, -0.15) is 0 Å². The number of nitrogens with one attached hydrogen (secondary N) is 4. The zero-order chi connectivity index (χ0) is 39.2. The van der Waals surface area contributed by atoms with Crippen molar-refractivity contribution >= 4 is 35.0 Å². The van der Waals surface area contributed by atoms with E-state index in [4.69, 9.17) is 0 Å². The number of phenols is 2. The summed E-state index contributed by atoms with van der Waals surface area (Å²) >= 11 is 0. The maximum atomic E-state index is 13.4. The van der Waals surface area contributed by atoms with Gasteiger partial charge in [0.25, 0.3) is 0 Å². The third-order valence-corrected chi connectivity index (χ3v) is 8.81. The van der Waals surface area contributed by atoms with Crippen LogP contribution in [0.5, 0.6) is 11.5 Å². The summed E-state index contributed by atoms with van der Waals surface area (Å²) in [5, 5.41) is 41.9. The number of hydrogen-bond donors (Lipinski definition) is 7. The van der Waals surface area contributed by atoms with Crippen molar-refractivity contribution < 1.29 is 34.5 Å². The lowest BCUT2D eigenvalue weighted by molar-refractivity contribution is -0.126. The van der Waals surface area contributed by atoms with E-state index in [-0.39, 0.29) is 59.8 Å². The van der Waals surface area contributed by atoms with Crippen LogP contribution in [0.25, 0.3) is 0 Å². The van der Waals surface area contributed by atoms with E-state index in [0.717, 1.165) is 11.1 Å². The largest absolute Gasteiger partial charge is 0.508 e. The van der Waals surface area contributed by atoms with E-state index in [1.165, 1.54) is 0 Å². The molecule has 4 aromatic carbocycles. The van der Waals surface area contributed by atoms with Gasteiger partial charge in [0.1, 0.15) is 29.7 Å². The Labute approximate surface area is 317 Å². The maximum Gasteiger partial charge on any atom is 0.246 e. The summed E-state index contributed by atoms with van der Waals surface area (Å²) in [5.74, 6) is -0.699. The van der Waals surface area contributed by atoms with Gasteiger partial charge < -0.3 is 36.6 Å². The van der Waals surface area contributed by atoms with Gasteiger partial charge >= 0.3 is 0 Å². The predicted octanol–water partition coefficient (Wildman–Crippen LogP) is 6.38. The fourth-order valence-electron chi connectivity index (χ4n) is 6.00. The van der Waals surface area contributed by atoms with Crippen molar-refractivity contribution in [2.45, 2.75) is 84.4 Å². The Bertz CT molecular complexity index is 1720. The molecule has 7 N–H and O–H groups in total. The minimum absolute atomic E-state index is 0.132. The Morgan fingerprint density at radius 2 is 0.926 bits per heavy atom. The SMILES string of the molecule is CC(C)C[C@H](NC(=O)CCc1ccc(O)cc1)C(=O)Nc1cccc(C(O)c2cccc(NC(=O)[C@H](CC(C)C)NC(=O)CCc3ccc(O)cc3)c2)c1. The molecular weight excluding hydrogens is 684 g/mol. The van der Waals surface area contributed by atoms with Gasteiger partial charge in [0, 0.05) is 24.2 Å². The molecule has 4 aromatic rings. The van der Waals surface area contributed by atoms with E-state index in [9.17, 15) is 34.5 Å². The lowest BCUT2D eigenvalue weighted by Crippen LogP contribution is -2.44. The van der Waals surface area contributed by atoms with E-state index >= 15 is 0 Å². The quantitative estimate of drug-likeness (QED) is 0.0620. The van der Waals surface area contributed by atoms with Crippen LogP contribution in [0.15, 0.2) is 97.1 Å². The second-order valence-corrected chi connectivity index (χ2v) is 14.5. The monoisotopic (exact) mass is 736 g/mol. The highest BCUT2D eigenvalue weighted by molar-refractivity contribution is 5.98. The molecule has 0 spiro atoms. The fourth-order valence-corrected chi connectivity index (χ4v) is 6.00. The smallest absolute Gasteiger partial charge is 0.246 e. The summed E-state index contributed by atoms with van der Waals surface area (Å²) in [6.07, 6.45) is 1.07. The number of aliphatic hydroxyl groups is 1. The third kappa shape index (κ3) is 13.4. The number of anilines is 2. The van der Waals surface area contributed by atoms with E-state index in [2.05, 4.69) is 21.3 Å². The van der Waals surface area contributed by atoms with Crippen LogP contribution in [0, 0.1) is 11.8 Å². The van der Waals surface area contributed by atoms with Crippen LogP contribution in [0.3, 0.4) is 0 Å². The zero-order valence-corrected chi connectivity index (χ0v) is 31.3. The lowest BCUT2D eigenvalue weighted by atomic mass is 9.99. The molecule has 54 heavy (non-hydrogen) atoms. The van der Waals surface area contributed by atoms with Crippen molar-refractivity contribution in [1.29, 1.82) is 0 Å². The maximum absolute atomic E-state index is 13.4. The van der Waals surface area contributed by atoms with Gasteiger partial charge in [-0.05, 0) is 108 Å². The fraction of sp³-hybridized carbons (Fsp3) is 0.349. The predicted molar refractivity (Wildman–Crippen MR) is 210 cm³/mol. The summed E-state index contributed by atoms with van der Waals surface area (Å²) in [6, 6.07) is 25.4. The minimum Gasteiger partial charge on any atom is -0.508 e. The van der Waals surface area contributed by atoms with Crippen LogP contribution in [0.2, 0.25) is 0 Å². The number of aryl methyl sites for hydroxylation is 2. The van der Waals surface area contributed by atoms with Gasteiger partial charge in [0.15, 0.2) is 0 Å². The van der Waals surface area contributed by atoms with Crippen LogP contribution in [-0.2, 0) is 32.0 Å². The molecule has 0 aliphatic rings. The highest BCUT2D eigenvalue weighted by atomic mass is 16.3. The first kappa shape index (κ1) is 41.1. The molecule has 0 aromatic heterocycles. The molecule has 0 radical (unpaired) electrons. The second kappa shape index (κ2) is 20.0. The summed E-state index contributed by atoms with van der Waals surface area (Å²) in [5.41, 5.74) is 3.71. The third-order valence-electron chi connectivity index (χ3n) is 8.81. The van der Waals surface area contributed by atoms with Crippen molar-refractivity contribution in [3.8, 4) is 11.5 Å². The van der Waals surface area contributed by atoms with Crippen LogP contribution < -0.4 is 21.3 Å². The van der Waals surface area contributed by atoms with Crippen LogP contribution >= 0.6 is 0 Å². The highest BCUT2D eigenvalue weighted by Gasteiger charge is 2.24. The minimum atomic E-state index is -1.09. The molecule has 0 saturated carbocycles. The molecule has 0 bridgehead atoms. The normalized spacial score (nSPS) is 12.3. The van der Waals surface area contributed by atoms with E-state index in [0.29, 0.717) is 48.2 Å². The highest BCUT2D eigenvalue weighted by Crippen LogP contribution is 2.27. The van der Waals surface area contributed by atoms with E-state index in [1.807, 2.05) is 27.7 Å². The number of benzene rings is 4. The molecule has 0 saturated heterocycles. The Morgan fingerprint density at radius 3 is 1.28 bits per heavy atom. The Hall–Kier alpha value is -5.68. The Morgan fingerprint density at radius 1 is 0.556 bits per heavy atom. The van der Waals surface area contributed by atoms with E-state index in [1.54, 1.807) is 97.1 Å². The molecule has 0 heterocycles. The standard InChI is InChI=1S/C43H52N4O7/c1-27(2)23-37(46-39(50)21-15-29-11-17-35(48)18-12-29)42(53)44-33-9-5-7-31(25-33)41(52)32-8-6-10-34(26-32)45-43(54)38(24-28(3)4)47-40(51)22-16-30-13-19-36(49)20-14-30/h5-14,17-20,25-28,37-38,41,48-49,52H,15-16,21-24H2,1-4H3,(H,44,53)(H,45,54)(H,46,50)(H,47,51)/t37-,38-/m0/s1. The molecule has 11 heteroatoms. The number of carbonyl (C=O) groups excluding carboxylic acids is 4. The molecule has 0 aliphatic heterocycles. The summed E-state index contributed by atoms with van der Waals surface area (Å²) in [7, 11) is 0. The van der Waals surface area contributed by atoms with Gasteiger partial charge in [-0.15, -0.1) is 0 Å². The molecule has 4 amide bonds. The van der Waals surface area contributed by atoms with Gasteiger partial charge in [-0.25, -0.2) is 0 Å². The van der Waals surface area contributed by atoms with Gasteiger partial charge in [-0.1, -0.05) is 76.2 Å². The van der Waals surface area contributed by atoms with Crippen molar-refractivity contribution in [3.05, 3.63) is 119 Å². The lowest BCUT2D eigenvalue weighted by Gasteiger charge is -2.21. The van der Waals surface area contributed by atoms with Gasteiger partial charge in [0.05, 0.1) is 0 Å². The van der Waals surface area contributed by atoms with Crippen LogP contribution in [0.1, 0.15) is 81.7 Å². The number of carbonyl (C=O) groups is 4. The van der Waals surface area contributed by atoms with Crippen molar-refractivity contribution in [3.63, 3.8) is 0 Å².